The number of piperidine rings is 1. The summed E-state index contributed by atoms with van der Waals surface area (Å²) >= 11 is 0. The number of carbonyl (C=O) groups excluding carboxylic acids is 1. The number of alkyl halides is 6. The standard InChI is InChI=1S/C15H18N2O3.2C2HF3O2/c18-13(7-6-12-4-2-1-3-5-12)17-15(14(19)20)8-10-16-11-9-15;2*3-2(4,5)1(6)7/h1-7,16H,8-11H2,(H,17,18)(H,19,20);2*(H,6,7). The van der Waals surface area contributed by atoms with Crippen molar-refractivity contribution in [2.24, 2.45) is 0 Å². The largest absolute Gasteiger partial charge is 0.490 e. The molecule has 15 heteroatoms. The summed E-state index contributed by atoms with van der Waals surface area (Å²) in [4.78, 5) is 41.1. The van der Waals surface area contributed by atoms with Crippen LogP contribution in [0.15, 0.2) is 36.4 Å². The van der Waals surface area contributed by atoms with Crippen molar-refractivity contribution in [3.05, 3.63) is 42.0 Å². The van der Waals surface area contributed by atoms with E-state index in [4.69, 9.17) is 19.8 Å². The number of carbonyl (C=O) groups is 4. The number of amides is 1. The molecule has 1 aliphatic rings. The zero-order chi connectivity index (χ0) is 26.6. The fraction of sp³-hybridized carbons (Fsp3) is 0.368. The second-order valence-electron chi connectivity index (χ2n) is 6.48. The first-order chi connectivity index (χ1) is 15.5. The summed E-state index contributed by atoms with van der Waals surface area (Å²) in [6.07, 6.45) is -6.32. The first kappa shape index (κ1) is 30.4. The molecule has 0 aromatic heterocycles. The third kappa shape index (κ3) is 11.8. The quantitative estimate of drug-likeness (QED) is 0.311. The lowest BCUT2D eigenvalue weighted by atomic mass is 9.88. The van der Waals surface area contributed by atoms with Gasteiger partial charge in [0.05, 0.1) is 0 Å². The average molecular weight is 502 g/mol. The lowest BCUT2D eigenvalue weighted by Crippen LogP contribution is -2.59. The van der Waals surface area contributed by atoms with Gasteiger partial charge in [0.25, 0.3) is 0 Å². The molecule has 0 saturated carbocycles. The van der Waals surface area contributed by atoms with E-state index in [2.05, 4.69) is 10.6 Å². The monoisotopic (exact) mass is 502 g/mol. The summed E-state index contributed by atoms with van der Waals surface area (Å²) in [7, 11) is 0. The van der Waals surface area contributed by atoms with Crippen LogP contribution in [0.1, 0.15) is 18.4 Å². The van der Waals surface area contributed by atoms with Crippen LogP contribution in [0.5, 0.6) is 0 Å². The molecular formula is C19H20F6N2O7. The molecule has 1 amide bonds. The number of rotatable bonds is 4. The maximum absolute atomic E-state index is 11.9. The molecule has 9 nitrogen and oxygen atoms in total. The molecule has 1 fully saturated rings. The van der Waals surface area contributed by atoms with Gasteiger partial charge < -0.3 is 26.0 Å². The van der Waals surface area contributed by atoms with Crippen LogP contribution in [0.4, 0.5) is 26.3 Å². The third-order valence-corrected chi connectivity index (χ3v) is 3.94. The number of carboxylic acid groups (broad SMARTS) is 3. The van der Waals surface area contributed by atoms with E-state index in [0.29, 0.717) is 25.9 Å². The Balaban J connectivity index is 0.000000642. The molecule has 1 aromatic carbocycles. The van der Waals surface area contributed by atoms with E-state index in [1.165, 1.54) is 6.08 Å². The predicted molar refractivity (Wildman–Crippen MR) is 103 cm³/mol. The van der Waals surface area contributed by atoms with Crippen molar-refractivity contribution in [1.82, 2.24) is 10.6 Å². The highest BCUT2D eigenvalue weighted by Gasteiger charge is 2.41. The van der Waals surface area contributed by atoms with E-state index in [1.54, 1.807) is 6.08 Å². The van der Waals surface area contributed by atoms with Gasteiger partial charge in [-0.05, 0) is 37.6 Å². The van der Waals surface area contributed by atoms with Gasteiger partial charge >= 0.3 is 30.3 Å². The Morgan fingerprint density at radius 1 is 0.853 bits per heavy atom. The van der Waals surface area contributed by atoms with Gasteiger partial charge in [-0.3, -0.25) is 4.79 Å². The van der Waals surface area contributed by atoms with Crippen LogP contribution < -0.4 is 10.6 Å². The Hall–Kier alpha value is -3.62. The minimum atomic E-state index is -5.08. The highest BCUT2D eigenvalue weighted by Crippen LogP contribution is 2.19. The van der Waals surface area contributed by atoms with Gasteiger partial charge in [0.1, 0.15) is 5.54 Å². The number of carboxylic acids is 3. The summed E-state index contributed by atoms with van der Waals surface area (Å²) in [6.45, 7) is 1.18. The normalized spacial score (nSPS) is 15.1. The zero-order valence-corrected chi connectivity index (χ0v) is 17.1. The Morgan fingerprint density at radius 2 is 1.26 bits per heavy atom. The van der Waals surface area contributed by atoms with Crippen LogP contribution in [-0.4, -0.2) is 70.1 Å². The lowest BCUT2D eigenvalue weighted by Gasteiger charge is -2.33. The highest BCUT2D eigenvalue weighted by molar-refractivity contribution is 5.95. The van der Waals surface area contributed by atoms with Crippen LogP contribution in [0.2, 0.25) is 0 Å². The first-order valence-electron chi connectivity index (χ1n) is 9.11. The molecule has 2 rings (SSSR count). The summed E-state index contributed by atoms with van der Waals surface area (Å²) in [6, 6.07) is 9.40. The van der Waals surface area contributed by atoms with Gasteiger partial charge in [0, 0.05) is 6.08 Å². The fourth-order valence-corrected chi connectivity index (χ4v) is 2.26. The van der Waals surface area contributed by atoms with Gasteiger partial charge in [-0.2, -0.15) is 26.3 Å². The van der Waals surface area contributed by atoms with Gasteiger partial charge in [-0.15, -0.1) is 0 Å². The molecular weight excluding hydrogens is 482 g/mol. The molecule has 0 unspecified atom stereocenters. The van der Waals surface area contributed by atoms with E-state index < -0.39 is 35.8 Å². The third-order valence-electron chi connectivity index (χ3n) is 3.94. The SMILES string of the molecule is O=C(C=Cc1ccccc1)NC1(C(=O)O)CCNCC1.O=C(O)C(F)(F)F.O=C(O)C(F)(F)F. The maximum atomic E-state index is 11.9. The maximum Gasteiger partial charge on any atom is 0.490 e. The topological polar surface area (TPSA) is 153 Å². The van der Waals surface area contributed by atoms with E-state index in [9.17, 15) is 41.0 Å². The highest BCUT2D eigenvalue weighted by atomic mass is 19.4. The van der Waals surface area contributed by atoms with Crippen molar-refractivity contribution in [1.29, 1.82) is 0 Å². The molecule has 0 radical (unpaired) electrons. The first-order valence-corrected chi connectivity index (χ1v) is 9.11. The summed E-state index contributed by atoms with van der Waals surface area (Å²) in [5.74, 6) is -6.86. The molecule has 34 heavy (non-hydrogen) atoms. The number of hydrogen-bond acceptors (Lipinski definition) is 5. The van der Waals surface area contributed by atoms with Crippen LogP contribution in [0.25, 0.3) is 6.08 Å². The number of aliphatic carboxylic acids is 3. The molecule has 190 valence electrons. The van der Waals surface area contributed by atoms with Crippen LogP contribution >= 0.6 is 0 Å². The van der Waals surface area contributed by atoms with Crippen molar-refractivity contribution < 1.29 is 60.8 Å². The smallest absolute Gasteiger partial charge is 0.480 e. The Labute approximate surface area is 188 Å². The number of hydrogen-bond donors (Lipinski definition) is 5. The number of halogens is 6. The molecule has 5 N–H and O–H groups in total. The lowest BCUT2D eigenvalue weighted by molar-refractivity contribution is -0.193. The predicted octanol–water partition coefficient (Wildman–Crippen LogP) is 2.29. The van der Waals surface area contributed by atoms with E-state index >= 15 is 0 Å². The molecule has 1 aromatic rings. The Bertz CT molecular complexity index is 840. The van der Waals surface area contributed by atoms with E-state index in [1.807, 2.05) is 30.3 Å². The summed E-state index contributed by atoms with van der Waals surface area (Å²) in [5, 5.41) is 29.3. The second-order valence-corrected chi connectivity index (χ2v) is 6.48. The van der Waals surface area contributed by atoms with Gasteiger partial charge in [-0.1, -0.05) is 30.3 Å². The number of benzene rings is 1. The van der Waals surface area contributed by atoms with Crippen molar-refractivity contribution in [3.63, 3.8) is 0 Å². The van der Waals surface area contributed by atoms with E-state index in [-0.39, 0.29) is 5.91 Å². The molecule has 0 atom stereocenters. The fourth-order valence-electron chi connectivity index (χ4n) is 2.26. The van der Waals surface area contributed by atoms with Gasteiger partial charge in [0.2, 0.25) is 5.91 Å². The van der Waals surface area contributed by atoms with Crippen molar-refractivity contribution in [3.8, 4) is 0 Å². The van der Waals surface area contributed by atoms with Gasteiger partial charge in [0.15, 0.2) is 0 Å². The summed E-state index contributed by atoms with van der Waals surface area (Å²) < 4.78 is 63.5. The van der Waals surface area contributed by atoms with Crippen molar-refractivity contribution in [2.45, 2.75) is 30.7 Å². The number of nitrogens with one attached hydrogen (secondary N) is 2. The Kier molecular flexibility index (Phi) is 11.8. The minimum Gasteiger partial charge on any atom is -0.480 e. The minimum absolute atomic E-state index is 0.377. The molecule has 0 bridgehead atoms. The molecule has 0 spiro atoms. The molecule has 1 heterocycles. The van der Waals surface area contributed by atoms with Crippen molar-refractivity contribution >= 4 is 29.9 Å². The van der Waals surface area contributed by atoms with E-state index in [0.717, 1.165) is 5.56 Å². The Morgan fingerprint density at radius 3 is 1.62 bits per heavy atom. The van der Waals surface area contributed by atoms with Crippen molar-refractivity contribution in [2.75, 3.05) is 13.1 Å². The summed E-state index contributed by atoms with van der Waals surface area (Å²) in [5.41, 5.74) is -0.249. The molecule has 1 aliphatic heterocycles. The second kappa shape index (κ2) is 13.2. The average Bonchev–Trinajstić information content (AvgIpc) is 2.73. The zero-order valence-electron chi connectivity index (χ0n) is 17.1. The van der Waals surface area contributed by atoms with Crippen LogP contribution in [-0.2, 0) is 19.2 Å². The molecule has 1 saturated heterocycles. The van der Waals surface area contributed by atoms with Gasteiger partial charge in [-0.25, -0.2) is 14.4 Å². The molecule has 0 aliphatic carbocycles. The van der Waals surface area contributed by atoms with Crippen LogP contribution in [0.3, 0.4) is 0 Å². The van der Waals surface area contributed by atoms with Crippen LogP contribution in [0, 0.1) is 0 Å².